The van der Waals surface area contributed by atoms with E-state index in [1.165, 1.54) is 18.4 Å². The molecule has 0 spiro atoms. The lowest BCUT2D eigenvalue weighted by Crippen LogP contribution is -2.37. The molecule has 0 aliphatic carbocycles. The van der Waals surface area contributed by atoms with E-state index >= 15 is 0 Å². The summed E-state index contributed by atoms with van der Waals surface area (Å²) in [6, 6.07) is 9.93. The van der Waals surface area contributed by atoms with Gasteiger partial charge in [-0.2, -0.15) is 0 Å². The van der Waals surface area contributed by atoms with Crippen molar-refractivity contribution in [1.29, 1.82) is 0 Å². The van der Waals surface area contributed by atoms with E-state index in [4.69, 9.17) is 4.42 Å². The molecule has 4 nitrogen and oxygen atoms in total. The molecular weight excluding hydrogens is 321 g/mol. The summed E-state index contributed by atoms with van der Waals surface area (Å²) in [5, 5.41) is 10.3. The Morgan fingerprint density at radius 2 is 2.24 bits per heavy atom. The van der Waals surface area contributed by atoms with Crippen LogP contribution in [-0.4, -0.2) is 28.5 Å². The molecule has 2 aromatic rings. The molecule has 1 N–H and O–H groups in total. The van der Waals surface area contributed by atoms with E-state index < -0.39 is 6.10 Å². The van der Waals surface area contributed by atoms with Crippen LogP contribution in [0.15, 0.2) is 47.1 Å². The van der Waals surface area contributed by atoms with Gasteiger partial charge in [-0.3, -0.25) is 4.79 Å². The van der Waals surface area contributed by atoms with Gasteiger partial charge in [0.1, 0.15) is 17.7 Å². The third-order valence-electron chi connectivity index (χ3n) is 4.96. The molecule has 1 amide bonds. The maximum Gasteiger partial charge on any atom is 0.223 e. The molecule has 1 aromatic heterocycles. The first-order chi connectivity index (χ1) is 12.0. The monoisotopic (exact) mass is 345 g/mol. The number of nitrogens with zero attached hydrogens (tertiary/aromatic N) is 1. The zero-order chi connectivity index (χ0) is 17.8. The maximum atomic E-state index is 13.4. The Bertz CT molecular complexity index is 701. The number of amides is 1. The number of carbonyl (C=O) groups is 1. The highest BCUT2D eigenvalue weighted by Gasteiger charge is 2.31. The Morgan fingerprint density at radius 1 is 1.40 bits per heavy atom. The van der Waals surface area contributed by atoms with Crippen LogP contribution >= 0.6 is 0 Å². The second-order valence-corrected chi connectivity index (χ2v) is 6.81. The van der Waals surface area contributed by atoms with Gasteiger partial charge in [-0.05, 0) is 48.6 Å². The molecule has 5 heteroatoms. The lowest BCUT2D eigenvalue weighted by atomic mass is 9.96. The van der Waals surface area contributed by atoms with Gasteiger partial charge in [-0.25, -0.2) is 4.39 Å². The standard InChI is InChI=1S/C20H24FNO3/c1-14(15-5-2-6-16(21)12-15)11-20(24)22-9-3-7-17(22)13-18(23)19-8-4-10-25-19/h2,4-6,8,10,12,14,17-18,23H,3,7,9,11,13H2,1H3. The van der Waals surface area contributed by atoms with E-state index in [0.29, 0.717) is 25.1 Å². The Labute approximate surface area is 147 Å². The fourth-order valence-corrected chi connectivity index (χ4v) is 3.57. The number of furan rings is 1. The van der Waals surface area contributed by atoms with E-state index in [1.54, 1.807) is 18.2 Å². The zero-order valence-electron chi connectivity index (χ0n) is 14.4. The van der Waals surface area contributed by atoms with E-state index in [0.717, 1.165) is 18.4 Å². The topological polar surface area (TPSA) is 53.7 Å². The number of rotatable bonds is 6. The summed E-state index contributed by atoms with van der Waals surface area (Å²) in [5.74, 6) is 0.273. The smallest absolute Gasteiger partial charge is 0.223 e. The molecule has 1 saturated heterocycles. The van der Waals surface area contributed by atoms with Gasteiger partial charge >= 0.3 is 0 Å². The third kappa shape index (κ3) is 4.28. The number of halogens is 1. The van der Waals surface area contributed by atoms with Gasteiger partial charge < -0.3 is 14.4 Å². The number of likely N-dealkylation sites (tertiary alicyclic amines) is 1. The number of aliphatic hydroxyl groups is 1. The van der Waals surface area contributed by atoms with Gasteiger partial charge in [0.25, 0.3) is 0 Å². The van der Waals surface area contributed by atoms with E-state index in [2.05, 4.69) is 0 Å². The average Bonchev–Trinajstić information content (AvgIpc) is 3.26. The summed E-state index contributed by atoms with van der Waals surface area (Å²) in [5.41, 5.74) is 0.833. The first-order valence-corrected chi connectivity index (χ1v) is 8.81. The van der Waals surface area contributed by atoms with Crippen LogP contribution < -0.4 is 0 Å². The van der Waals surface area contributed by atoms with Gasteiger partial charge in [0.05, 0.1) is 6.26 Å². The van der Waals surface area contributed by atoms with Crippen molar-refractivity contribution in [2.75, 3.05) is 6.54 Å². The molecule has 1 aliphatic rings. The molecular formula is C20H24FNO3. The summed E-state index contributed by atoms with van der Waals surface area (Å²) in [7, 11) is 0. The van der Waals surface area contributed by atoms with Crippen molar-refractivity contribution in [1.82, 2.24) is 4.90 Å². The molecule has 0 bridgehead atoms. The number of hydrogen-bond donors (Lipinski definition) is 1. The second kappa shape index (κ2) is 7.83. The highest BCUT2D eigenvalue weighted by atomic mass is 19.1. The predicted octanol–water partition coefficient (Wildman–Crippen LogP) is 4.03. The molecule has 1 aromatic carbocycles. The average molecular weight is 345 g/mol. The zero-order valence-corrected chi connectivity index (χ0v) is 14.4. The molecule has 25 heavy (non-hydrogen) atoms. The largest absolute Gasteiger partial charge is 0.467 e. The van der Waals surface area contributed by atoms with Gasteiger partial charge in [-0.15, -0.1) is 0 Å². The van der Waals surface area contributed by atoms with Gasteiger partial charge in [-0.1, -0.05) is 19.1 Å². The molecule has 1 aliphatic heterocycles. The Kier molecular flexibility index (Phi) is 5.53. The SMILES string of the molecule is CC(CC(=O)N1CCCC1CC(O)c1ccco1)c1cccc(F)c1. The highest BCUT2D eigenvalue weighted by molar-refractivity contribution is 5.77. The van der Waals surface area contributed by atoms with Gasteiger partial charge in [0.2, 0.25) is 5.91 Å². The van der Waals surface area contributed by atoms with Crippen LogP contribution in [0.2, 0.25) is 0 Å². The lowest BCUT2D eigenvalue weighted by molar-refractivity contribution is -0.132. The first kappa shape index (κ1) is 17.7. The van der Waals surface area contributed by atoms with Crippen molar-refractivity contribution in [3.8, 4) is 0 Å². The van der Waals surface area contributed by atoms with Crippen LogP contribution in [0.3, 0.4) is 0 Å². The summed E-state index contributed by atoms with van der Waals surface area (Å²) >= 11 is 0. The number of benzene rings is 1. The molecule has 134 valence electrons. The highest BCUT2D eigenvalue weighted by Crippen LogP contribution is 2.30. The minimum absolute atomic E-state index is 0.0207. The van der Waals surface area contributed by atoms with Crippen molar-refractivity contribution >= 4 is 5.91 Å². The van der Waals surface area contributed by atoms with Gasteiger partial charge in [0.15, 0.2) is 0 Å². The van der Waals surface area contributed by atoms with Crippen molar-refractivity contribution in [2.45, 2.75) is 50.7 Å². The maximum absolute atomic E-state index is 13.4. The Morgan fingerprint density at radius 3 is 2.96 bits per heavy atom. The molecule has 3 rings (SSSR count). The van der Waals surface area contributed by atoms with Crippen LogP contribution in [0, 0.1) is 5.82 Å². The normalized spacial score (nSPS) is 19.8. The van der Waals surface area contributed by atoms with E-state index in [1.807, 2.05) is 17.9 Å². The summed E-state index contributed by atoms with van der Waals surface area (Å²) in [4.78, 5) is 14.6. The number of hydrogen-bond acceptors (Lipinski definition) is 3. The molecule has 0 radical (unpaired) electrons. The van der Waals surface area contributed by atoms with Crippen molar-refractivity contribution in [2.24, 2.45) is 0 Å². The number of carbonyl (C=O) groups excluding carboxylic acids is 1. The summed E-state index contributed by atoms with van der Waals surface area (Å²) in [6.07, 6.45) is 3.49. The Balaban J connectivity index is 1.60. The fourth-order valence-electron chi connectivity index (χ4n) is 3.57. The number of aliphatic hydroxyl groups excluding tert-OH is 1. The van der Waals surface area contributed by atoms with Crippen LogP contribution in [0.25, 0.3) is 0 Å². The molecule has 3 unspecified atom stereocenters. The summed E-state index contributed by atoms with van der Waals surface area (Å²) in [6.45, 7) is 2.65. The lowest BCUT2D eigenvalue weighted by Gasteiger charge is -2.27. The predicted molar refractivity (Wildman–Crippen MR) is 92.5 cm³/mol. The third-order valence-corrected chi connectivity index (χ3v) is 4.96. The molecule has 3 atom stereocenters. The van der Waals surface area contributed by atoms with Gasteiger partial charge in [0, 0.05) is 25.4 Å². The van der Waals surface area contributed by atoms with E-state index in [-0.39, 0.29) is 23.7 Å². The van der Waals surface area contributed by atoms with Crippen molar-refractivity contribution in [3.63, 3.8) is 0 Å². The fraction of sp³-hybridized carbons (Fsp3) is 0.450. The van der Waals surface area contributed by atoms with Crippen LogP contribution in [0.5, 0.6) is 0 Å². The van der Waals surface area contributed by atoms with Crippen LogP contribution in [0.4, 0.5) is 4.39 Å². The summed E-state index contributed by atoms with van der Waals surface area (Å²) < 4.78 is 18.6. The molecule has 1 fully saturated rings. The van der Waals surface area contributed by atoms with Crippen molar-refractivity contribution < 1.29 is 18.7 Å². The Hall–Kier alpha value is -2.14. The minimum Gasteiger partial charge on any atom is -0.467 e. The van der Waals surface area contributed by atoms with Crippen LogP contribution in [-0.2, 0) is 4.79 Å². The minimum atomic E-state index is -0.700. The quantitative estimate of drug-likeness (QED) is 0.860. The second-order valence-electron chi connectivity index (χ2n) is 6.81. The molecule has 0 saturated carbocycles. The van der Waals surface area contributed by atoms with E-state index in [9.17, 15) is 14.3 Å². The first-order valence-electron chi connectivity index (χ1n) is 8.81. The molecule has 2 heterocycles. The van der Waals surface area contributed by atoms with Crippen molar-refractivity contribution in [3.05, 3.63) is 59.8 Å². The van der Waals surface area contributed by atoms with Crippen LogP contribution in [0.1, 0.15) is 56.0 Å².